The van der Waals surface area contributed by atoms with Crippen LogP contribution < -0.4 is 4.90 Å². The van der Waals surface area contributed by atoms with E-state index in [9.17, 15) is 19.6 Å². The highest BCUT2D eigenvalue weighted by Crippen LogP contribution is 2.24. The first kappa shape index (κ1) is 21.6. The molecule has 1 aromatic rings. The first-order chi connectivity index (χ1) is 12.9. The molecule has 1 aromatic carbocycles. The lowest BCUT2D eigenvalue weighted by Crippen LogP contribution is -2.50. The van der Waals surface area contributed by atoms with Crippen LogP contribution in [0.15, 0.2) is 24.3 Å². The van der Waals surface area contributed by atoms with Gasteiger partial charge < -0.3 is 4.90 Å². The van der Waals surface area contributed by atoms with Gasteiger partial charge >= 0.3 is 17.8 Å². The zero-order chi connectivity index (χ0) is 19.9. The van der Waals surface area contributed by atoms with Gasteiger partial charge in [-0.05, 0) is 24.5 Å². The van der Waals surface area contributed by atoms with E-state index in [2.05, 4.69) is 4.90 Å². The van der Waals surface area contributed by atoms with Crippen LogP contribution in [0.1, 0.15) is 31.2 Å². The van der Waals surface area contributed by atoms with Crippen molar-refractivity contribution in [1.82, 2.24) is 0 Å². The lowest BCUT2D eigenvalue weighted by molar-refractivity contribution is -1.12. The Labute approximate surface area is 167 Å². The van der Waals surface area contributed by atoms with Crippen LogP contribution in [0.5, 0.6) is 0 Å². The standard InChI is InChI=1S/C18H23Cl2N2O5/c19-10-12-21(13-11-20)15-6-2-1-4-14(15)5-3-7-18(25)27-22(26)16(23)8-9-17(22)24/h1-2,4,6,26H,3,5,7-13H2/q+1. The number of benzene rings is 1. The average Bonchev–Trinajstić information content (AvgIpc) is 2.89. The third-order valence-corrected chi connectivity index (χ3v) is 4.67. The zero-order valence-electron chi connectivity index (χ0n) is 14.9. The van der Waals surface area contributed by atoms with Crippen molar-refractivity contribution in [1.29, 1.82) is 0 Å². The molecule has 2 amide bonds. The maximum absolute atomic E-state index is 12.0. The van der Waals surface area contributed by atoms with E-state index in [1.54, 1.807) is 0 Å². The van der Waals surface area contributed by atoms with E-state index >= 15 is 0 Å². The van der Waals surface area contributed by atoms with Crippen LogP contribution in [0.4, 0.5) is 5.69 Å². The molecular formula is C18H23Cl2N2O5+. The van der Waals surface area contributed by atoms with Crippen molar-refractivity contribution in [3.63, 3.8) is 0 Å². The summed E-state index contributed by atoms with van der Waals surface area (Å²) in [4.78, 5) is 40.1. The monoisotopic (exact) mass is 417 g/mol. The number of amides is 2. The van der Waals surface area contributed by atoms with Crippen LogP contribution in [0.25, 0.3) is 0 Å². The van der Waals surface area contributed by atoms with Gasteiger partial charge in [0.15, 0.2) is 0 Å². The summed E-state index contributed by atoms with van der Waals surface area (Å²) in [6.07, 6.45) is 0.730. The predicted octanol–water partition coefficient (Wildman–Crippen LogP) is 2.80. The largest absolute Gasteiger partial charge is 0.397 e. The van der Waals surface area contributed by atoms with E-state index in [0.717, 1.165) is 11.3 Å². The first-order valence-corrected chi connectivity index (χ1v) is 9.85. The van der Waals surface area contributed by atoms with Gasteiger partial charge in [0.1, 0.15) is 4.81 Å². The molecule has 0 aliphatic carbocycles. The number of halogens is 2. The number of quaternary nitrogens is 1. The maximum atomic E-state index is 12.0. The summed E-state index contributed by atoms with van der Waals surface area (Å²) in [5, 5.41) is 9.91. The molecule has 0 radical (unpaired) electrons. The molecule has 2 rings (SSSR count). The molecule has 27 heavy (non-hydrogen) atoms. The number of imide groups is 1. The summed E-state index contributed by atoms with van der Waals surface area (Å²) in [7, 11) is 0. The molecule has 148 valence electrons. The van der Waals surface area contributed by atoms with Crippen molar-refractivity contribution in [3.8, 4) is 0 Å². The Morgan fingerprint density at radius 2 is 1.70 bits per heavy atom. The van der Waals surface area contributed by atoms with Gasteiger partial charge in [-0.15, -0.1) is 23.2 Å². The molecule has 9 heteroatoms. The molecule has 0 unspecified atom stereocenters. The Morgan fingerprint density at radius 1 is 1.11 bits per heavy atom. The Balaban J connectivity index is 1.94. The van der Waals surface area contributed by atoms with E-state index in [-0.39, 0.29) is 19.3 Å². The number of hydroxylamine groups is 4. The maximum Gasteiger partial charge on any atom is 0.397 e. The number of para-hydroxylation sites is 1. The summed E-state index contributed by atoms with van der Waals surface area (Å²) in [5.74, 6) is -1.50. The highest BCUT2D eigenvalue weighted by molar-refractivity contribution is 6.18. The Bertz CT molecular complexity index is 676. The summed E-state index contributed by atoms with van der Waals surface area (Å²) in [6, 6.07) is 7.77. The number of nitrogens with zero attached hydrogens (tertiary/aromatic N) is 2. The van der Waals surface area contributed by atoms with Gasteiger partial charge in [0, 0.05) is 30.5 Å². The van der Waals surface area contributed by atoms with Gasteiger partial charge in [0.05, 0.1) is 19.3 Å². The molecule has 1 aliphatic rings. The van der Waals surface area contributed by atoms with Crippen LogP contribution >= 0.6 is 23.2 Å². The van der Waals surface area contributed by atoms with Gasteiger partial charge in [-0.25, -0.2) is 19.2 Å². The smallest absolute Gasteiger partial charge is 0.369 e. The van der Waals surface area contributed by atoms with Crippen LogP contribution in [-0.2, 0) is 25.6 Å². The van der Waals surface area contributed by atoms with Gasteiger partial charge in [-0.1, -0.05) is 18.2 Å². The third kappa shape index (κ3) is 5.42. The highest BCUT2D eigenvalue weighted by Gasteiger charge is 2.55. The lowest BCUT2D eigenvalue weighted by Gasteiger charge is -2.25. The number of rotatable bonds is 10. The molecule has 1 heterocycles. The van der Waals surface area contributed by atoms with Crippen molar-refractivity contribution in [2.24, 2.45) is 0 Å². The number of alkyl halides is 2. The van der Waals surface area contributed by atoms with Crippen molar-refractivity contribution in [2.45, 2.75) is 32.1 Å². The Kier molecular flexibility index (Phi) is 8.04. The number of hydrogen-bond acceptors (Lipinski definition) is 6. The van der Waals surface area contributed by atoms with Crippen molar-refractivity contribution < 1.29 is 29.2 Å². The Morgan fingerprint density at radius 3 is 2.30 bits per heavy atom. The van der Waals surface area contributed by atoms with Gasteiger partial charge in [0.25, 0.3) is 0 Å². The topological polar surface area (TPSA) is 83.9 Å². The minimum Gasteiger partial charge on any atom is -0.369 e. The summed E-state index contributed by atoms with van der Waals surface area (Å²) >= 11 is 11.7. The predicted molar refractivity (Wildman–Crippen MR) is 100 cm³/mol. The molecule has 1 N–H and O–H groups in total. The molecule has 1 aliphatic heterocycles. The molecular weight excluding hydrogens is 395 g/mol. The van der Waals surface area contributed by atoms with E-state index in [4.69, 9.17) is 28.0 Å². The van der Waals surface area contributed by atoms with E-state index in [1.165, 1.54) is 0 Å². The lowest BCUT2D eigenvalue weighted by atomic mass is 10.1. The number of carbonyl (C=O) groups excluding carboxylic acids is 3. The fraction of sp³-hybridized carbons (Fsp3) is 0.500. The minimum absolute atomic E-state index is 0.0273. The summed E-state index contributed by atoms with van der Waals surface area (Å²) in [6.45, 7) is 1.31. The fourth-order valence-corrected chi connectivity index (χ4v) is 3.37. The SMILES string of the molecule is O=C(CCCc1ccccc1N(CCCl)CCCl)O[N+]1(O)C(=O)CCC1=O. The third-order valence-electron chi connectivity index (χ3n) is 4.33. The minimum atomic E-state index is -1.87. The van der Waals surface area contributed by atoms with Gasteiger partial charge in [-0.2, -0.15) is 5.21 Å². The second-order valence-electron chi connectivity index (χ2n) is 6.17. The first-order valence-electron chi connectivity index (χ1n) is 8.78. The van der Waals surface area contributed by atoms with E-state index in [0.29, 0.717) is 37.7 Å². The van der Waals surface area contributed by atoms with Crippen LogP contribution in [0.3, 0.4) is 0 Å². The number of anilines is 1. The number of carbonyl (C=O) groups is 3. The van der Waals surface area contributed by atoms with Gasteiger partial charge in [0.2, 0.25) is 0 Å². The van der Waals surface area contributed by atoms with Crippen LogP contribution in [0, 0.1) is 0 Å². The second kappa shape index (κ2) is 10.0. The van der Waals surface area contributed by atoms with Crippen molar-refractivity contribution >= 4 is 46.7 Å². The Hall–Kier alpha value is -1.67. The molecule has 0 bridgehead atoms. The molecule has 1 fully saturated rings. The average molecular weight is 418 g/mol. The normalized spacial score (nSPS) is 15.8. The number of hydrogen-bond donors (Lipinski definition) is 1. The summed E-state index contributed by atoms with van der Waals surface area (Å²) in [5.41, 5.74) is 2.03. The zero-order valence-corrected chi connectivity index (χ0v) is 16.4. The quantitative estimate of drug-likeness (QED) is 0.272. The molecule has 0 saturated carbocycles. The second-order valence-corrected chi connectivity index (χ2v) is 6.93. The molecule has 7 nitrogen and oxygen atoms in total. The molecule has 0 spiro atoms. The summed E-state index contributed by atoms with van der Waals surface area (Å²) < 4.78 is 0. The van der Waals surface area contributed by atoms with Crippen molar-refractivity contribution in [2.75, 3.05) is 29.7 Å². The van der Waals surface area contributed by atoms with Gasteiger partial charge in [-0.3, -0.25) is 0 Å². The van der Waals surface area contributed by atoms with E-state index in [1.807, 2.05) is 24.3 Å². The van der Waals surface area contributed by atoms with E-state index < -0.39 is 22.6 Å². The molecule has 0 atom stereocenters. The highest BCUT2D eigenvalue weighted by atomic mass is 35.5. The van der Waals surface area contributed by atoms with Crippen molar-refractivity contribution in [3.05, 3.63) is 29.8 Å². The molecule has 0 aromatic heterocycles. The van der Waals surface area contributed by atoms with Crippen LogP contribution in [0.2, 0.25) is 0 Å². The molecule has 1 saturated heterocycles. The number of aryl methyl sites for hydroxylation is 1. The fourth-order valence-electron chi connectivity index (χ4n) is 2.96. The van der Waals surface area contributed by atoms with Crippen LogP contribution in [-0.4, -0.2) is 52.7 Å².